The summed E-state index contributed by atoms with van der Waals surface area (Å²) in [6.07, 6.45) is -1.89. The van der Waals surface area contributed by atoms with Gasteiger partial charge in [0.15, 0.2) is 6.10 Å². The van der Waals surface area contributed by atoms with Gasteiger partial charge in [0.2, 0.25) is 5.60 Å². The third kappa shape index (κ3) is 2.27. The van der Waals surface area contributed by atoms with Crippen molar-refractivity contribution >= 4 is 11.9 Å². The SMILES string of the molecule is COC(C(=O)O)C(O)(C(=O)O)c1ccccc1. The molecule has 0 saturated carbocycles. The predicted molar refractivity (Wildman–Crippen MR) is 56.4 cm³/mol. The average molecular weight is 240 g/mol. The fraction of sp³-hybridized carbons (Fsp3) is 0.273. The molecule has 2 atom stereocenters. The molecule has 92 valence electrons. The lowest BCUT2D eigenvalue weighted by atomic mass is 9.88. The molecule has 1 aromatic rings. The van der Waals surface area contributed by atoms with Crippen molar-refractivity contribution in [2.75, 3.05) is 7.11 Å². The quantitative estimate of drug-likeness (QED) is 0.672. The summed E-state index contributed by atoms with van der Waals surface area (Å²) in [6.45, 7) is 0. The Balaban J connectivity index is 3.32. The number of ether oxygens (including phenoxy) is 1. The van der Waals surface area contributed by atoms with Crippen molar-refractivity contribution in [3.05, 3.63) is 35.9 Å². The molecule has 0 fully saturated rings. The van der Waals surface area contributed by atoms with Crippen molar-refractivity contribution in [1.82, 2.24) is 0 Å². The van der Waals surface area contributed by atoms with Crippen LogP contribution in [0.1, 0.15) is 5.56 Å². The molecule has 0 radical (unpaired) electrons. The standard InChI is InChI=1S/C11H12O6/c1-17-8(9(12)13)11(16,10(14)15)7-5-3-2-4-6-7/h2-6,8,16H,1H3,(H,12,13)(H,14,15). The van der Waals surface area contributed by atoms with Crippen LogP contribution in [0.25, 0.3) is 0 Å². The molecule has 0 spiro atoms. The average Bonchev–Trinajstić information content (AvgIpc) is 2.30. The van der Waals surface area contributed by atoms with Gasteiger partial charge >= 0.3 is 11.9 Å². The van der Waals surface area contributed by atoms with Crippen molar-refractivity contribution in [3.63, 3.8) is 0 Å². The monoisotopic (exact) mass is 240 g/mol. The number of aliphatic carboxylic acids is 2. The number of aliphatic hydroxyl groups is 1. The van der Waals surface area contributed by atoms with Crippen LogP contribution in [0, 0.1) is 0 Å². The van der Waals surface area contributed by atoms with E-state index in [-0.39, 0.29) is 5.56 Å². The van der Waals surface area contributed by atoms with E-state index in [1.54, 1.807) is 6.07 Å². The van der Waals surface area contributed by atoms with Crippen molar-refractivity contribution in [1.29, 1.82) is 0 Å². The van der Waals surface area contributed by atoms with Gasteiger partial charge in [-0.25, -0.2) is 9.59 Å². The molecule has 0 aliphatic carbocycles. The summed E-state index contributed by atoms with van der Waals surface area (Å²) in [5.74, 6) is -3.24. The highest BCUT2D eigenvalue weighted by atomic mass is 16.5. The third-order valence-corrected chi connectivity index (χ3v) is 2.38. The Hall–Kier alpha value is -1.92. The van der Waals surface area contributed by atoms with Gasteiger partial charge in [0, 0.05) is 7.11 Å². The summed E-state index contributed by atoms with van der Waals surface area (Å²) in [6, 6.07) is 7.26. The van der Waals surface area contributed by atoms with Crippen LogP contribution in [0.2, 0.25) is 0 Å². The van der Waals surface area contributed by atoms with E-state index in [4.69, 9.17) is 10.2 Å². The number of hydrogen-bond acceptors (Lipinski definition) is 4. The fourth-order valence-electron chi connectivity index (χ4n) is 1.53. The molecule has 0 saturated heterocycles. The zero-order chi connectivity index (χ0) is 13.1. The van der Waals surface area contributed by atoms with Gasteiger partial charge in [-0.3, -0.25) is 0 Å². The van der Waals surface area contributed by atoms with Crippen LogP contribution in [0.15, 0.2) is 30.3 Å². The summed E-state index contributed by atoms with van der Waals surface area (Å²) < 4.78 is 4.56. The van der Waals surface area contributed by atoms with E-state index < -0.39 is 23.6 Å². The largest absolute Gasteiger partial charge is 0.479 e. The maximum absolute atomic E-state index is 11.1. The Bertz CT molecular complexity index is 415. The zero-order valence-corrected chi connectivity index (χ0v) is 9.03. The molecule has 6 heteroatoms. The first-order chi connectivity index (χ1) is 7.94. The number of hydrogen-bond donors (Lipinski definition) is 3. The third-order valence-electron chi connectivity index (χ3n) is 2.38. The van der Waals surface area contributed by atoms with Crippen LogP contribution in [-0.2, 0) is 19.9 Å². The first kappa shape index (κ1) is 13.1. The second-order valence-corrected chi connectivity index (χ2v) is 3.39. The lowest BCUT2D eigenvalue weighted by Crippen LogP contribution is -2.51. The number of carbonyl (C=O) groups is 2. The number of carboxylic acid groups (broad SMARTS) is 2. The van der Waals surface area contributed by atoms with E-state index in [2.05, 4.69) is 4.74 Å². The Morgan fingerprint density at radius 3 is 2.12 bits per heavy atom. The van der Waals surface area contributed by atoms with Gasteiger partial charge < -0.3 is 20.1 Å². The van der Waals surface area contributed by atoms with E-state index in [1.807, 2.05) is 0 Å². The van der Waals surface area contributed by atoms with E-state index in [9.17, 15) is 14.7 Å². The highest BCUT2D eigenvalue weighted by Crippen LogP contribution is 2.27. The van der Waals surface area contributed by atoms with E-state index >= 15 is 0 Å². The Kier molecular flexibility index (Phi) is 3.82. The molecule has 2 unspecified atom stereocenters. The van der Waals surface area contributed by atoms with Crippen LogP contribution < -0.4 is 0 Å². The molecule has 0 heterocycles. The Labute approximate surface area is 97.1 Å². The van der Waals surface area contributed by atoms with Gasteiger partial charge in [-0.05, 0) is 5.56 Å². The lowest BCUT2D eigenvalue weighted by Gasteiger charge is -2.28. The van der Waals surface area contributed by atoms with Gasteiger partial charge in [0.25, 0.3) is 0 Å². The summed E-state index contributed by atoms with van der Waals surface area (Å²) >= 11 is 0. The zero-order valence-electron chi connectivity index (χ0n) is 9.03. The summed E-state index contributed by atoms with van der Waals surface area (Å²) in [5, 5.41) is 28.0. The number of rotatable bonds is 5. The predicted octanol–water partition coefficient (Wildman–Crippen LogP) is 0.0584. The Morgan fingerprint density at radius 2 is 1.76 bits per heavy atom. The van der Waals surface area contributed by atoms with Gasteiger partial charge in [-0.2, -0.15) is 0 Å². The van der Waals surface area contributed by atoms with E-state index in [1.165, 1.54) is 24.3 Å². The normalized spacial score (nSPS) is 15.9. The van der Waals surface area contributed by atoms with Crippen LogP contribution in [0.5, 0.6) is 0 Å². The maximum atomic E-state index is 11.1. The first-order valence-electron chi connectivity index (χ1n) is 4.71. The number of carboxylic acids is 2. The molecule has 0 bridgehead atoms. The van der Waals surface area contributed by atoms with Crippen LogP contribution >= 0.6 is 0 Å². The van der Waals surface area contributed by atoms with Gasteiger partial charge in [0.1, 0.15) is 0 Å². The molecule has 0 aliphatic heterocycles. The second-order valence-electron chi connectivity index (χ2n) is 3.39. The van der Waals surface area contributed by atoms with E-state index in [0.29, 0.717) is 0 Å². The molecule has 3 N–H and O–H groups in total. The fourth-order valence-corrected chi connectivity index (χ4v) is 1.53. The van der Waals surface area contributed by atoms with Crippen LogP contribution in [-0.4, -0.2) is 40.5 Å². The molecular weight excluding hydrogens is 228 g/mol. The first-order valence-corrected chi connectivity index (χ1v) is 4.71. The molecule has 6 nitrogen and oxygen atoms in total. The molecule has 1 rings (SSSR count). The van der Waals surface area contributed by atoms with Crippen LogP contribution in [0.4, 0.5) is 0 Å². The topological polar surface area (TPSA) is 104 Å². The summed E-state index contributed by atoms with van der Waals surface area (Å²) in [7, 11) is 1.02. The Morgan fingerprint density at radius 1 is 1.24 bits per heavy atom. The lowest BCUT2D eigenvalue weighted by molar-refractivity contribution is -0.188. The van der Waals surface area contributed by atoms with E-state index in [0.717, 1.165) is 7.11 Å². The molecule has 0 aliphatic rings. The number of methoxy groups -OCH3 is 1. The smallest absolute Gasteiger partial charge is 0.343 e. The minimum absolute atomic E-state index is 0.0539. The van der Waals surface area contributed by atoms with Gasteiger partial charge in [-0.1, -0.05) is 30.3 Å². The highest BCUT2D eigenvalue weighted by Gasteiger charge is 2.50. The highest BCUT2D eigenvalue weighted by molar-refractivity contribution is 5.88. The van der Waals surface area contributed by atoms with Crippen molar-refractivity contribution in [3.8, 4) is 0 Å². The molecule has 17 heavy (non-hydrogen) atoms. The van der Waals surface area contributed by atoms with Crippen molar-refractivity contribution in [2.45, 2.75) is 11.7 Å². The summed E-state index contributed by atoms with van der Waals surface area (Å²) in [4.78, 5) is 22.0. The maximum Gasteiger partial charge on any atom is 0.343 e. The van der Waals surface area contributed by atoms with Crippen molar-refractivity contribution in [2.24, 2.45) is 0 Å². The molecule has 1 aromatic carbocycles. The summed E-state index contributed by atoms with van der Waals surface area (Å²) in [5.41, 5.74) is -2.68. The van der Waals surface area contributed by atoms with Gasteiger partial charge in [0.05, 0.1) is 0 Å². The number of benzene rings is 1. The minimum Gasteiger partial charge on any atom is -0.479 e. The van der Waals surface area contributed by atoms with Crippen LogP contribution in [0.3, 0.4) is 0 Å². The molecule has 0 aromatic heterocycles. The molecule has 0 amide bonds. The van der Waals surface area contributed by atoms with Gasteiger partial charge in [-0.15, -0.1) is 0 Å². The molecular formula is C11H12O6. The van der Waals surface area contributed by atoms with Crippen molar-refractivity contribution < 1.29 is 29.6 Å². The second kappa shape index (κ2) is 4.94. The minimum atomic E-state index is -2.62.